The summed E-state index contributed by atoms with van der Waals surface area (Å²) in [6.45, 7) is 5.03. The molecule has 2 unspecified atom stereocenters. The molecule has 1 aromatic rings. The number of aromatic carboxylic acids is 1. The fourth-order valence-corrected chi connectivity index (χ4v) is 2.67. The van der Waals surface area contributed by atoms with Crippen LogP contribution in [0.4, 0.5) is 0 Å². The molecule has 0 bridgehead atoms. The zero-order valence-electron chi connectivity index (χ0n) is 11.2. The Labute approximate surface area is 113 Å². The van der Waals surface area contributed by atoms with Crippen LogP contribution < -0.4 is 0 Å². The summed E-state index contributed by atoms with van der Waals surface area (Å²) in [6, 6.07) is 6.96. The molecule has 2 rings (SSSR count). The maximum absolute atomic E-state index is 10.8. The predicted molar refractivity (Wildman–Crippen MR) is 73.3 cm³/mol. The highest BCUT2D eigenvalue weighted by Crippen LogP contribution is 2.21. The number of rotatable bonds is 4. The van der Waals surface area contributed by atoms with Crippen LogP contribution >= 0.6 is 0 Å². The molecule has 1 saturated heterocycles. The summed E-state index contributed by atoms with van der Waals surface area (Å²) >= 11 is 0. The third-order valence-electron chi connectivity index (χ3n) is 3.92. The molecule has 1 aliphatic rings. The van der Waals surface area contributed by atoms with Crippen molar-refractivity contribution in [2.45, 2.75) is 25.9 Å². The van der Waals surface area contributed by atoms with Gasteiger partial charge in [-0.3, -0.25) is 0 Å². The Balaban J connectivity index is 2.01. The molecule has 1 fully saturated rings. The quantitative estimate of drug-likeness (QED) is 0.867. The summed E-state index contributed by atoms with van der Waals surface area (Å²) in [5.74, 6) is -0.661. The van der Waals surface area contributed by atoms with Gasteiger partial charge in [-0.25, -0.2) is 4.79 Å². The number of aliphatic hydroxyl groups is 1. The van der Waals surface area contributed by atoms with E-state index in [1.54, 1.807) is 12.1 Å². The van der Waals surface area contributed by atoms with Crippen LogP contribution in [0, 0.1) is 5.92 Å². The number of piperidine rings is 1. The molecule has 19 heavy (non-hydrogen) atoms. The summed E-state index contributed by atoms with van der Waals surface area (Å²) in [6.07, 6.45) is 1.38. The summed E-state index contributed by atoms with van der Waals surface area (Å²) in [4.78, 5) is 13.1. The van der Waals surface area contributed by atoms with Crippen molar-refractivity contribution >= 4 is 5.97 Å². The molecule has 1 aliphatic heterocycles. The second-order valence-electron chi connectivity index (χ2n) is 5.22. The summed E-state index contributed by atoms with van der Waals surface area (Å²) in [5.41, 5.74) is 1.40. The third-order valence-corrected chi connectivity index (χ3v) is 3.92. The van der Waals surface area contributed by atoms with Crippen LogP contribution in [-0.4, -0.2) is 46.8 Å². The minimum atomic E-state index is -0.901. The Morgan fingerprint density at radius 2 is 2.05 bits per heavy atom. The fourth-order valence-electron chi connectivity index (χ4n) is 2.67. The third kappa shape index (κ3) is 3.55. The topological polar surface area (TPSA) is 60.8 Å². The molecule has 2 N–H and O–H groups in total. The van der Waals surface area contributed by atoms with E-state index < -0.39 is 5.97 Å². The van der Waals surface area contributed by atoms with Gasteiger partial charge < -0.3 is 15.1 Å². The molecule has 104 valence electrons. The SMILES string of the molecule is CCN1CCC(O)C(Cc2ccc(C(=O)O)cc2)C1. The normalized spacial score (nSPS) is 24.3. The van der Waals surface area contributed by atoms with Crippen LogP contribution in [0.2, 0.25) is 0 Å². The number of aliphatic hydroxyl groups excluding tert-OH is 1. The maximum Gasteiger partial charge on any atom is 0.335 e. The first kappa shape index (κ1) is 14.0. The Bertz CT molecular complexity index is 430. The zero-order valence-corrected chi connectivity index (χ0v) is 11.2. The van der Waals surface area contributed by atoms with Crippen LogP contribution in [0.3, 0.4) is 0 Å². The molecule has 4 nitrogen and oxygen atoms in total. The molecule has 1 heterocycles. The van der Waals surface area contributed by atoms with Gasteiger partial charge in [0.25, 0.3) is 0 Å². The van der Waals surface area contributed by atoms with E-state index >= 15 is 0 Å². The molecular weight excluding hydrogens is 242 g/mol. The van der Waals surface area contributed by atoms with Crippen molar-refractivity contribution in [1.29, 1.82) is 0 Å². The maximum atomic E-state index is 10.8. The standard InChI is InChI=1S/C15H21NO3/c1-2-16-8-7-14(17)13(10-16)9-11-3-5-12(6-4-11)15(18)19/h3-6,13-14,17H,2,7-10H2,1H3,(H,18,19). The Morgan fingerprint density at radius 1 is 1.37 bits per heavy atom. The molecule has 0 radical (unpaired) electrons. The van der Waals surface area contributed by atoms with Gasteiger partial charge >= 0.3 is 5.97 Å². The van der Waals surface area contributed by atoms with E-state index in [2.05, 4.69) is 11.8 Å². The molecule has 0 saturated carbocycles. The molecule has 2 atom stereocenters. The summed E-state index contributed by atoms with van der Waals surface area (Å²) in [5, 5.41) is 18.9. The first-order valence-corrected chi connectivity index (χ1v) is 6.82. The van der Waals surface area contributed by atoms with Gasteiger partial charge in [-0.05, 0) is 37.1 Å². The summed E-state index contributed by atoms with van der Waals surface area (Å²) < 4.78 is 0. The molecule has 4 heteroatoms. The molecule has 0 spiro atoms. The number of carboxylic acids is 1. The first-order valence-electron chi connectivity index (χ1n) is 6.82. The number of likely N-dealkylation sites (tertiary alicyclic amines) is 1. The van der Waals surface area contributed by atoms with Crippen LogP contribution in [0.5, 0.6) is 0 Å². The van der Waals surface area contributed by atoms with Gasteiger partial charge in [0.15, 0.2) is 0 Å². The number of carboxylic acid groups (broad SMARTS) is 1. The van der Waals surface area contributed by atoms with E-state index in [1.165, 1.54) is 0 Å². The van der Waals surface area contributed by atoms with Crippen molar-refractivity contribution in [3.8, 4) is 0 Å². The average molecular weight is 263 g/mol. The zero-order chi connectivity index (χ0) is 13.8. The lowest BCUT2D eigenvalue weighted by molar-refractivity contribution is 0.0290. The molecule has 0 amide bonds. The highest BCUT2D eigenvalue weighted by atomic mass is 16.4. The Hall–Kier alpha value is -1.39. The first-order chi connectivity index (χ1) is 9.10. The van der Waals surface area contributed by atoms with E-state index in [4.69, 9.17) is 5.11 Å². The van der Waals surface area contributed by atoms with Crippen molar-refractivity contribution in [1.82, 2.24) is 4.90 Å². The fraction of sp³-hybridized carbons (Fsp3) is 0.533. The monoisotopic (exact) mass is 263 g/mol. The summed E-state index contributed by atoms with van der Waals surface area (Å²) in [7, 11) is 0. The van der Waals surface area contributed by atoms with Crippen LogP contribution in [0.25, 0.3) is 0 Å². The smallest absolute Gasteiger partial charge is 0.335 e. The van der Waals surface area contributed by atoms with Gasteiger partial charge in [-0.15, -0.1) is 0 Å². The Kier molecular flexibility index (Phi) is 4.56. The van der Waals surface area contributed by atoms with Crippen molar-refractivity contribution < 1.29 is 15.0 Å². The van der Waals surface area contributed by atoms with Crippen LogP contribution in [-0.2, 0) is 6.42 Å². The molecule has 0 aromatic heterocycles. The van der Waals surface area contributed by atoms with Crippen molar-refractivity contribution in [2.24, 2.45) is 5.92 Å². The van der Waals surface area contributed by atoms with E-state index in [9.17, 15) is 9.90 Å². The van der Waals surface area contributed by atoms with E-state index in [-0.39, 0.29) is 12.0 Å². The highest BCUT2D eigenvalue weighted by molar-refractivity contribution is 5.87. The number of hydrogen-bond acceptors (Lipinski definition) is 3. The second kappa shape index (κ2) is 6.17. The van der Waals surface area contributed by atoms with Gasteiger partial charge in [0.2, 0.25) is 0 Å². The van der Waals surface area contributed by atoms with Gasteiger partial charge in [0.05, 0.1) is 11.7 Å². The highest BCUT2D eigenvalue weighted by Gasteiger charge is 2.26. The largest absolute Gasteiger partial charge is 0.478 e. The van der Waals surface area contributed by atoms with Crippen LogP contribution in [0.15, 0.2) is 24.3 Å². The van der Waals surface area contributed by atoms with E-state index in [0.29, 0.717) is 5.56 Å². The predicted octanol–water partition coefficient (Wildman–Crippen LogP) is 1.63. The average Bonchev–Trinajstić information content (AvgIpc) is 2.42. The van der Waals surface area contributed by atoms with Crippen molar-refractivity contribution in [3.05, 3.63) is 35.4 Å². The lowest BCUT2D eigenvalue weighted by Gasteiger charge is -2.35. The molecular formula is C15H21NO3. The Morgan fingerprint density at radius 3 is 2.63 bits per heavy atom. The number of nitrogens with zero attached hydrogens (tertiary/aromatic N) is 1. The number of hydrogen-bond donors (Lipinski definition) is 2. The van der Waals surface area contributed by atoms with Gasteiger partial charge in [-0.2, -0.15) is 0 Å². The number of carbonyl (C=O) groups is 1. The van der Waals surface area contributed by atoms with Gasteiger partial charge in [0.1, 0.15) is 0 Å². The molecule has 1 aromatic carbocycles. The van der Waals surface area contributed by atoms with Crippen LogP contribution in [0.1, 0.15) is 29.3 Å². The minimum absolute atomic E-state index is 0.240. The lowest BCUT2D eigenvalue weighted by atomic mass is 9.88. The number of benzene rings is 1. The van der Waals surface area contributed by atoms with E-state index in [1.807, 2.05) is 12.1 Å². The van der Waals surface area contributed by atoms with E-state index in [0.717, 1.165) is 38.0 Å². The second-order valence-corrected chi connectivity index (χ2v) is 5.22. The molecule has 0 aliphatic carbocycles. The lowest BCUT2D eigenvalue weighted by Crippen LogP contribution is -2.43. The van der Waals surface area contributed by atoms with Crippen molar-refractivity contribution in [3.63, 3.8) is 0 Å². The minimum Gasteiger partial charge on any atom is -0.478 e. The van der Waals surface area contributed by atoms with Gasteiger partial charge in [0, 0.05) is 19.0 Å². The van der Waals surface area contributed by atoms with Gasteiger partial charge in [-0.1, -0.05) is 19.1 Å². The van der Waals surface area contributed by atoms with Crippen molar-refractivity contribution in [2.75, 3.05) is 19.6 Å².